The highest BCUT2D eigenvalue weighted by Gasteiger charge is 2.14. The third-order valence-corrected chi connectivity index (χ3v) is 3.60. The molecule has 2 aromatic carbocycles. The summed E-state index contributed by atoms with van der Waals surface area (Å²) < 4.78 is 14.1. The number of nitrogen functional groups attached to an aromatic ring is 2. The number of nitrogens with one attached hydrogen (secondary N) is 1. The van der Waals surface area contributed by atoms with Crippen LogP contribution >= 0.6 is 11.6 Å². The largest absolute Gasteiger partial charge is 0.397 e. The molecule has 0 aliphatic carbocycles. The van der Waals surface area contributed by atoms with Crippen LogP contribution in [0.15, 0.2) is 30.3 Å². The Bertz CT molecular complexity index is 629. The highest BCUT2D eigenvalue weighted by Crippen LogP contribution is 2.34. The average molecular weight is 294 g/mol. The molecule has 0 saturated carbocycles. The molecular weight excluding hydrogens is 277 g/mol. The molecular formula is C15H17ClFN3. The van der Waals surface area contributed by atoms with Crippen molar-refractivity contribution >= 4 is 28.7 Å². The first-order valence-electron chi connectivity index (χ1n) is 6.38. The summed E-state index contributed by atoms with van der Waals surface area (Å²) in [5.41, 5.74) is 14.2. The van der Waals surface area contributed by atoms with Crippen LogP contribution in [0.25, 0.3) is 0 Å². The fourth-order valence-corrected chi connectivity index (χ4v) is 2.25. The summed E-state index contributed by atoms with van der Waals surface area (Å²) in [5.74, 6) is -0.613. The van der Waals surface area contributed by atoms with Crippen LogP contribution in [0.4, 0.5) is 21.5 Å². The average Bonchev–Trinajstić information content (AvgIpc) is 2.45. The molecule has 3 nitrogen and oxygen atoms in total. The van der Waals surface area contributed by atoms with Crippen LogP contribution in [0, 0.1) is 5.82 Å². The first-order valence-corrected chi connectivity index (χ1v) is 6.76. The lowest BCUT2D eigenvalue weighted by Gasteiger charge is -2.14. The highest BCUT2D eigenvalue weighted by molar-refractivity contribution is 6.33. The molecule has 0 fully saturated rings. The van der Waals surface area contributed by atoms with Crippen molar-refractivity contribution in [1.82, 2.24) is 0 Å². The summed E-state index contributed by atoms with van der Waals surface area (Å²) in [5, 5.41) is 2.89. The van der Waals surface area contributed by atoms with E-state index >= 15 is 0 Å². The molecule has 106 valence electrons. The lowest BCUT2D eigenvalue weighted by atomic mass is 10.1. The fraction of sp³-hybridized carbons (Fsp3) is 0.200. The van der Waals surface area contributed by atoms with Crippen LogP contribution in [0.1, 0.15) is 18.1 Å². The van der Waals surface area contributed by atoms with Crippen molar-refractivity contribution in [3.05, 3.63) is 52.3 Å². The minimum absolute atomic E-state index is 0.106. The molecule has 0 amide bonds. The second-order valence-electron chi connectivity index (χ2n) is 4.53. The van der Waals surface area contributed by atoms with E-state index in [-0.39, 0.29) is 22.1 Å². The Kier molecular flexibility index (Phi) is 4.35. The maximum atomic E-state index is 14.1. The van der Waals surface area contributed by atoms with Crippen molar-refractivity contribution in [2.45, 2.75) is 19.9 Å². The van der Waals surface area contributed by atoms with E-state index in [0.717, 1.165) is 12.0 Å². The zero-order valence-electron chi connectivity index (χ0n) is 11.2. The molecule has 0 aliphatic heterocycles. The summed E-state index contributed by atoms with van der Waals surface area (Å²) in [7, 11) is 0. The minimum atomic E-state index is -0.613. The molecule has 0 radical (unpaired) electrons. The molecule has 0 heterocycles. The molecule has 0 aliphatic rings. The van der Waals surface area contributed by atoms with E-state index in [0.29, 0.717) is 6.54 Å². The van der Waals surface area contributed by atoms with Gasteiger partial charge in [0.1, 0.15) is 5.02 Å². The van der Waals surface area contributed by atoms with Crippen molar-refractivity contribution in [3.8, 4) is 0 Å². The van der Waals surface area contributed by atoms with Crippen molar-refractivity contribution in [3.63, 3.8) is 0 Å². The number of nitrogens with two attached hydrogens (primary N) is 2. The molecule has 5 N–H and O–H groups in total. The van der Waals surface area contributed by atoms with Gasteiger partial charge in [-0.1, -0.05) is 42.8 Å². The van der Waals surface area contributed by atoms with Gasteiger partial charge in [-0.2, -0.15) is 0 Å². The lowest BCUT2D eigenvalue weighted by Crippen LogP contribution is -2.08. The highest BCUT2D eigenvalue weighted by atomic mass is 35.5. The predicted molar refractivity (Wildman–Crippen MR) is 83.4 cm³/mol. The topological polar surface area (TPSA) is 64.1 Å². The van der Waals surface area contributed by atoms with Gasteiger partial charge in [0.25, 0.3) is 0 Å². The Labute approximate surface area is 122 Å². The Hall–Kier alpha value is -1.94. The second kappa shape index (κ2) is 6.01. The molecule has 0 unspecified atom stereocenters. The number of hydrogen-bond donors (Lipinski definition) is 3. The second-order valence-corrected chi connectivity index (χ2v) is 4.91. The number of rotatable bonds is 4. The summed E-state index contributed by atoms with van der Waals surface area (Å²) in [6.45, 7) is 2.55. The Morgan fingerprint density at radius 1 is 1.15 bits per heavy atom. The van der Waals surface area contributed by atoms with Crippen LogP contribution in [-0.4, -0.2) is 0 Å². The summed E-state index contributed by atoms with van der Waals surface area (Å²) in [6.07, 6.45) is 0.915. The third-order valence-electron chi connectivity index (χ3n) is 3.22. The van der Waals surface area contributed by atoms with Gasteiger partial charge in [-0.3, -0.25) is 0 Å². The van der Waals surface area contributed by atoms with Crippen molar-refractivity contribution in [2.24, 2.45) is 0 Å². The normalized spacial score (nSPS) is 10.6. The van der Waals surface area contributed by atoms with E-state index in [1.54, 1.807) is 0 Å². The molecule has 0 saturated heterocycles. The molecule has 5 heteroatoms. The number of hydrogen-bond acceptors (Lipinski definition) is 3. The maximum Gasteiger partial charge on any atom is 0.169 e. The van der Waals surface area contributed by atoms with E-state index in [2.05, 4.69) is 12.2 Å². The number of aryl methyl sites for hydroxylation is 1. The molecule has 0 spiro atoms. The SMILES string of the molecule is CCc1ccccc1CNc1c(N)cc(N)c(Cl)c1F. The zero-order valence-corrected chi connectivity index (χ0v) is 12.0. The van der Waals surface area contributed by atoms with E-state index in [4.69, 9.17) is 23.1 Å². The van der Waals surface area contributed by atoms with Crippen LogP contribution < -0.4 is 16.8 Å². The van der Waals surface area contributed by atoms with Crippen molar-refractivity contribution in [1.29, 1.82) is 0 Å². The van der Waals surface area contributed by atoms with Gasteiger partial charge in [0.05, 0.1) is 17.1 Å². The van der Waals surface area contributed by atoms with E-state index < -0.39 is 5.82 Å². The number of halogens is 2. The molecule has 20 heavy (non-hydrogen) atoms. The standard InChI is InChI=1S/C15H17ClFN3/c1-2-9-5-3-4-6-10(9)8-20-15-12(19)7-11(18)13(16)14(15)17/h3-7,20H,2,8,18-19H2,1H3. The Morgan fingerprint density at radius 2 is 1.80 bits per heavy atom. The lowest BCUT2D eigenvalue weighted by molar-refractivity contribution is 0.631. The zero-order chi connectivity index (χ0) is 14.7. The van der Waals surface area contributed by atoms with Crippen LogP contribution in [0.3, 0.4) is 0 Å². The quantitative estimate of drug-likeness (QED) is 0.751. The summed E-state index contributed by atoms with van der Waals surface area (Å²) in [6, 6.07) is 9.44. The van der Waals surface area contributed by atoms with Gasteiger partial charge >= 0.3 is 0 Å². The van der Waals surface area contributed by atoms with E-state index in [9.17, 15) is 4.39 Å². The van der Waals surface area contributed by atoms with Crippen LogP contribution in [0.5, 0.6) is 0 Å². The van der Waals surface area contributed by atoms with E-state index in [1.165, 1.54) is 11.6 Å². The van der Waals surface area contributed by atoms with Gasteiger partial charge in [-0.25, -0.2) is 4.39 Å². The van der Waals surface area contributed by atoms with Gasteiger partial charge in [0.2, 0.25) is 0 Å². The molecule has 2 aromatic rings. The van der Waals surface area contributed by atoms with Gasteiger partial charge in [-0.15, -0.1) is 0 Å². The first kappa shape index (κ1) is 14.5. The third kappa shape index (κ3) is 2.80. The number of anilines is 3. The van der Waals surface area contributed by atoms with Crippen LogP contribution in [0.2, 0.25) is 5.02 Å². The van der Waals surface area contributed by atoms with Gasteiger partial charge in [0.15, 0.2) is 5.82 Å². The Balaban J connectivity index is 2.26. The predicted octanol–water partition coefficient (Wildman–Crippen LogP) is 3.82. The van der Waals surface area contributed by atoms with Gasteiger partial charge in [-0.05, 0) is 23.6 Å². The van der Waals surface area contributed by atoms with E-state index in [1.807, 2.05) is 24.3 Å². The first-order chi connectivity index (χ1) is 9.54. The van der Waals surface area contributed by atoms with Crippen molar-refractivity contribution in [2.75, 3.05) is 16.8 Å². The monoisotopic (exact) mass is 293 g/mol. The maximum absolute atomic E-state index is 14.1. The number of benzene rings is 2. The van der Waals surface area contributed by atoms with Gasteiger partial charge in [0, 0.05) is 6.54 Å². The smallest absolute Gasteiger partial charge is 0.169 e. The molecule has 2 rings (SSSR count). The minimum Gasteiger partial charge on any atom is -0.397 e. The fourth-order valence-electron chi connectivity index (χ4n) is 2.10. The molecule has 0 atom stereocenters. The molecule has 0 bridgehead atoms. The van der Waals surface area contributed by atoms with Crippen LogP contribution in [-0.2, 0) is 13.0 Å². The Morgan fingerprint density at radius 3 is 2.45 bits per heavy atom. The van der Waals surface area contributed by atoms with Crippen molar-refractivity contribution < 1.29 is 4.39 Å². The summed E-state index contributed by atoms with van der Waals surface area (Å²) in [4.78, 5) is 0. The summed E-state index contributed by atoms with van der Waals surface area (Å²) >= 11 is 5.80. The van der Waals surface area contributed by atoms with Gasteiger partial charge < -0.3 is 16.8 Å². The molecule has 0 aromatic heterocycles.